The first-order valence-corrected chi connectivity index (χ1v) is 6.98. The maximum atomic E-state index is 11.1. The molecule has 1 aromatic carbocycles. The number of ether oxygens (including phenoxy) is 1. The highest BCUT2D eigenvalue weighted by Gasteiger charge is 2.27. The normalized spacial score (nSPS) is 19.1. The highest BCUT2D eigenvalue weighted by atomic mass is 16.5. The first-order valence-electron chi connectivity index (χ1n) is 6.98. The molecule has 1 unspecified atom stereocenters. The van der Waals surface area contributed by atoms with Crippen molar-refractivity contribution in [2.45, 2.75) is 26.3 Å². The van der Waals surface area contributed by atoms with Crippen LogP contribution in [-0.2, 0) is 6.42 Å². The van der Waals surface area contributed by atoms with Crippen molar-refractivity contribution in [2.75, 3.05) is 31.6 Å². The second-order valence-corrected chi connectivity index (χ2v) is 5.12. The second-order valence-electron chi connectivity index (χ2n) is 5.12. The lowest BCUT2D eigenvalue weighted by Gasteiger charge is -2.39. The van der Waals surface area contributed by atoms with Gasteiger partial charge in [0, 0.05) is 37.4 Å². The van der Waals surface area contributed by atoms with Gasteiger partial charge in [0.2, 0.25) is 0 Å². The standard InChI is InChI=1S/C15H22N2O3/c1-4-12-5-6-13(9-14(12)20-3)16-7-8-17(15(18)19)11(2)10-16/h5-6,9,11H,4,7-8,10H2,1-3H3,(H,18,19). The monoisotopic (exact) mass is 278 g/mol. The molecule has 1 aliphatic heterocycles. The number of carboxylic acid groups (broad SMARTS) is 1. The van der Waals surface area contributed by atoms with Crippen molar-refractivity contribution >= 4 is 11.8 Å². The average Bonchev–Trinajstić information content (AvgIpc) is 2.45. The van der Waals surface area contributed by atoms with E-state index in [9.17, 15) is 4.79 Å². The number of rotatable bonds is 3. The topological polar surface area (TPSA) is 53.0 Å². The molecule has 0 spiro atoms. The number of hydrogen-bond donors (Lipinski definition) is 1. The summed E-state index contributed by atoms with van der Waals surface area (Å²) in [6.07, 6.45) is 0.100. The fourth-order valence-electron chi connectivity index (χ4n) is 2.70. The van der Waals surface area contributed by atoms with Gasteiger partial charge < -0.3 is 19.6 Å². The van der Waals surface area contributed by atoms with Gasteiger partial charge in [-0.2, -0.15) is 0 Å². The second kappa shape index (κ2) is 6.03. The first kappa shape index (κ1) is 14.5. The van der Waals surface area contributed by atoms with Gasteiger partial charge in [-0.1, -0.05) is 13.0 Å². The van der Waals surface area contributed by atoms with Gasteiger partial charge in [-0.3, -0.25) is 0 Å². The Morgan fingerprint density at radius 2 is 2.20 bits per heavy atom. The summed E-state index contributed by atoms with van der Waals surface area (Å²) in [6.45, 7) is 6.00. The molecule has 0 aliphatic carbocycles. The SMILES string of the molecule is CCc1ccc(N2CCN(C(=O)O)C(C)C2)cc1OC. The number of aryl methyl sites for hydroxylation is 1. The third-order valence-electron chi connectivity index (χ3n) is 3.89. The Morgan fingerprint density at radius 3 is 2.75 bits per heavy atom. The molecule has 1 saturated heterocycles. The zero-order valence-corrected chi connectivity index (χ0v) is 12.3. The molecule has 5 nitrogen and oxygen atoms in total. The molecule has 1 amide bonds. The third kappa shape index (κ3) is 2.81. The number of amides is 1. The van der Waals surface area contributed by atoms with Crippen molar-refractivity contribution < 1.29 is 14.6 Å². The third-order valence-corrected chi connectivity index (χ3v) is 3.89. The van der Waals surface area contributed by atoms with E-state index in [1.807, 2.05) is 13.0 Å². The molecular weight excluding hydrogens is 256 g/mol. The van der Waals surface area contributed by atoms with E-state index in [1.54, 1.807) is 7.11 Å². The number of piperazine rings is 1. The van der Waals surface area contributed by atoms with E-state index in [2.05, 4.69) is 24.0 Å². The van der Waals surface area contributed by atoms with E-state index in [0.717, 1.165) is 17.9 Å². The van der Waals surface area contributed by atoms with Crippen LogP contribution < -0.4 is 9.64 Å². The van der Waals surface area contributed by atoms with Gasteiger partial charge in [0.1, 0.15) is 5.75 Å². The highest BCUT2D eigenvalue weighted by Crippen LogP contribution is 2.27. The van der Waals surface area contributed by atoms with Crippen LogP contribution in [0.3, 0.4) is 0 Å². The van der Waals surface area contributed by atoms with Crippen molar-refractivity contribution in [2.24, 2.45) is 0 Å². The number of anilines is 1. The molecule has 2 rings (SSSR count). The molecular formula is C15H22N2O3. The predicted octanol–water partition coefficient (Wildman–Crippen LogP) is 2.45. The molecule has 1 heterocycles. The molecule has 1 aromatic rings. The molecule has 1 fully saturated rings. The Bertz CT molecular complexity index is 490. The number of hydrogen-bond acceptors (Lipinski definition) is 3. The van der Waals surface area contributed by atoms with Gasteiger partial charge in [-0.05, 0) is 25.0 Å². The van der Waals surface area contributed by atoms with Gasteiger partial charge in [0.05, 0.1) is 7.11 Å². The Labute approximate surface area is 119 Å². The minimum Gasteiger partial charge on any atom is -0.496 e. The van der Waals surface area contributed by atoms with E-state index >= 15 is 0 Å². The molecule has 5 heteroatoms. The van der Waals surface area contributed by atoms with E-state index in [1.165, 1.54) is 10.5 Å². The number of benzene rings is 1. The van der Waals surface area contributed by atoms with Crippen LogP contribution in [0.15, 0.2) is 18.2 Å². The van der Waals surface area contributed by atoms with Crippen LogP contribution in [0.5, 0.6) is 5.75 Å². The quantitative estimate of drug-likeness (QED) is 0.922. The summed E-state index contributed by atoms with van der Waals surface area (Å²) in [6, 6.07) is 6.22. The zero-order chi connectivity index (χ0) is 14.7. The maximum Gasteiger partial charge on any atom is 0.407 e. The van der Waals surface area contributed by atoms with Crippen LogP contribution in [0, 0.1) is 0 Å². The molecule has 1 N–H and O–H groups in total. The minimum absolute atomic E-state index is 0.00176. The summed E-state index contributed by atoms with van der Waals surface area (Å²) in [5, 5.41) is 9.10. The van der Waals surface area contributed by atoms with Crippen molar-refractivity contribution in [3.63, 3.8) is 0 Å². The molecule has 0 saturated carbocycles. The number of methoxy groups -OCH3 is 1. The van der Waals surface area contributed by atoms with Crippen LogP contribution in [0.4, 0.5) is 10.5 Å². The summed E-state index contributed by atoms with van der Waals surface area (Å²) in [7, 11) is 1.68. The lowest BCUT2D eigenvalue weighted by molar-refractivity contribution is 0.122. The summed E-state index contributed by atoms with van der Waals surface area (Å²) >= 11 is 0. The van der Waals surface area contributed by atoms with Gasteiger partial charge >= 0.3 is 6.09 Å². The van der Waals surface area contributed by atoms with E-state index < -0.39 is 6.09 Å². The van der Waals surface area contributed by atoms with Crippen LogP contribution in [0.25, 0.3) is 0 Å². The van der Waals surface area contributed by atoms with Gasteiger partial charge in [0.25, 0.3) is 0 Å². The molecule has 0 bridgehead atoms. The van der Waals surface area contributed by atoms with E-state index in [-0.39, 0.29) is 6.04 Å². The van der Waals surface area contributed by atoms with Gasteiger partial charge in [0.15, 0.2) is 0 Å². The molecule has 1 atom stereocenters. The lowest BCUT2D eigenvalue weighted by atomic mass is 10.1. The summed E-state index contributed by atoms with van der Waals surface area (Å²) < 4.78 is 5.42. The van der Waals surface area contributed by atoms with Gasteiger partial charge in [-0.25, -0.2) is 4.79 Å². The van der Waals surface area contributed by atoms with Crippen molar-refractivity contribution in [1.82, 2.24) is 4.90 Å². The average molecular weight is 278 g/mol. The zero-order valence-electron chi connectivity index (χ0n) is 12.3. The summed E-state index contributed by atoms with van der Waals surface area (Å²) in [5.74, 6) is 0.901. The Kier molecular flexibility index (Phi) is 4.37. The lowest BCUT2D eigenvalue weighted by Crippen LogP contribution is -2.53. The fraction of sp³-hybridized carbons (Fsp3) is 0.533. The summed E-state index contributed by atoms with van der Waals surface area (Å²) in [5.41, 5.74) is 2.28. The molecule has 0 aromatic heterocycles. The minimum atomic E-state index is -0.837. The Morgan fingerprint density at radius 1 is 1.45 bits per heavy atom. The highest BCUT2D eigenvalue weighted by molar-refractivity contribution is 5.66. The summed E-state index contributed by atoms with van der Waals surface area (Å²) in [4.78, 5) is 14.8. The van der Waals surface area contributed by atoms with Crippen LogP contribution in [0.2, 0.25) is 0 Å². The fourth-order valence-corrected chi connectivity index (χ4v) is 2.70. The van der Waals surface area contributed by atoms with Crippen LogP contribution in [0.1, 0.15) is 19.4 Å². The smallest absolute Gasteiger partial charge is 0.407 e. The van der Waals surface area contributed by atoms with Crippen LogP contribution >= 0.6 is 0 Å². The number of carbonyl (C=O) groups is 1. The Hall–Kier alpha value is -1.91. The first-order chi connectivity index (χ1) is 9.56. The predicted molar refractivity (Wildman–Crippen MR) is 78.8 cm³/mol. The van der Waals surface area contributed by atoms with Crippen molar-refractivity contribution in [3.8, 4) is 5.75 Å². The molecule has 110 valence electrons. The molecule has 1 aliphatic rings. The van der Waals surface area contributed by atoms with Crippen molar-refractivity contribution in [1.29, 1.82) is 0 Å². The Balaban J connectivity index is 2.15. The van der Waals surface area contributed by atoms with E-state index in [0.29, 0.717) is 19.6 Å². The maximum absolute atomic E-state index is 11.1. The molecule has 0 radical (unpaired) electrons. The van der Waals surface area contributed by atoms with Gasteiger partial charge in [-0.15, -0.1) is 0 Å². The van der Waals surface area contributed by atoms with E-state index in [4.69, 9.17) is 9.84 Å². The van der Waals surface area contributed by atoms with Crippen molar-refractivity contribution in [3.05, 3.63) is 23.8 Å². The van der Waals surface area contributed by atoms with Crippen LogP contribution in [-0.4, -0.2) is 48.9 Å². The molecule has 20 heavy (non-hydrogen) atoms. The number of nitrogens with zero attached hydrogens (tertiary/aromatic N) is 2. The largest absolute Gasteiger partial charge is 0.496 e.